The third kappa shape index (κ3) is 2.81. The Morgan fingerprint density at radius 3 is 2.94 bits per heavy atom. The lowest BCUT2D eigenvalue weighted by atomic mass is 10.3. The van der Waals surface area contributed by atoms with Crippen LogP contribution in [0.25, 0.3) is 5.69 Å². The summed E-state index contributed by atoms with van der Waals surface area (Å²) in [7, 11) is 0. The van der Waals surface area contributed by atoms with Crippen LogP contribution in [0, 0.1) is 3.57 Å². The zero-order valence-electron chi connectivity index (χ0n) is 9.77. The summed E-state index contributed by atoms with van der Waals surface area (Å²) in [6.45, 7) is 4.05. The van der Waals surface area contributed by atoms with Gasteiger partial charge in [0.2, 0.25) is 0 Å². The first-order valence-electron chi connectivity index (χ1n) is 5.55. The Morgan fingerprint density at radius 1 is 1.39 bits per heavy atom. The number of nitrogens with one attached hydrogen (secondary N) is 1. The van der Waals surface area contributed by atoms with Gasteiger partial charge in [-0.1, -0.05) is 12.1 Å². The highest BCUT2D eigenvalue weighted by Crippen LogP contribution is 2.15. The minimum Gasteiger partial charge on any atom is -0.347 e. The van der Waals surface area contributed by atoms with Gasteiger partial charge in [-0.05, 0) is 52.9 Å². The number of halogens is 1. The minimum atomic E-state index is -0.0984. The van der Waals surface area contributed by atoms with Gasteiger partial charge in [0.15, 0.2) is 0 Å². The van der Waals surface area contributed by atoms with E-state index in [1.807, 2.05) is 41.1 Å². The molecule has 1 amide bonds. The van der Waals surface area contributed by atoms with Crippen LogP contribution in [0.3, 0.4) is 0 Å². The van der Waals surface area contributed by atoms with Gasteiger partial charge in [-0.25, -0.2) is 0 Å². The van der Waals surface area contributed by atoms with E-state index in [1.165, 1.54) is 0 Å². The summed E-state index contributed by atoms with van der Waals surface area (Å²) in [6, 6.07) is 11.7. The Balaban J connectivity index is 2.33. The standard InChI is InChI=1S/C14H13IN2O/c1-2-8-16-14(18)13-7-4-9-17(13)12-6-3-5-11(15)10-12/h2-7,9-10H,1,8H2,(H,16,18). The Hall–Kier alpha value is -1.56. The molecule has 0 unspecified atom stereocenters. The fraction of sp³-hybridized carbons (Fsp3) is 0.0714. The van der Waals surface area contributed by atoms with Gasteiger partial charge in [0.05, 0.1) is 0 Å². The molecule has 4 heteroatoms. The summed E-state index contributed by atoms with van der Waals surface area (Å²) >= 11 is 2.25. The van der Waals surface area contributed by atoms with Crippen molar-refractivity contribution in [2.45, 2.75) is 0 Å². The highest BCUT2D eigenvalue weighted by atomic mass is 127. The SMILES string of the molecule is C=CCNC(=O)c1cccn1-c1cccc(I)c1. The van der Waals surface area contributed by atoms with Crippen molar-refractivity contribution < 1.29 is 4.79 Å². The van der Waals surface area contributed by atoms with E-state index in [0.29, 0.717) is 12.2 Å². The average molecular weight is 352 g/mol. The van der Waals surface area contributed by atoms with Crippen LogP contribution in [-0.2, 0) is 0 Å². The van der Waals surface area contributed by atoms with Gasteiger partial charge in [-0.3, -0.25) is 4.79 Å². The van der Waals surface area contributed by atoms with Crippen LogP contribution in [-0.4, -0.2) is 17.0 Å². The van der Waals surface area contributed by atoms with Gasteiger partial charge >= 0.3 is 0 Å². The largest absolute Gasteiger partial charge is 0.347 e. The summed E-state index contributed by atoms with van der Waals surface area (Å²) in [4.78, 5) is 12.0. The van der Waals surface area contributed by atoms with E-state index in [2.05, 4.69) is 34.5 Å². The predicted molar refractivity (Wildman–Crippen MR) is 81.0 cm³/mol. The number of hydrogen-bond donors (Lipinski definition) is 1. The van der Waals surface area contributed by atoms with Crippen molar-refractivity contribution >= 4 is 28.5 Å². The van der Waals surface area contributed by atoms with Crippen LogP contribution in [0.15, 0.2) is 55.3 Å². The first kappa shape index (κ1) is 12.9. The molecule has 2 rings (SSSR count). The third-order valence-corrected chi connectivity index (χ3v) is 3.15. The summed E-state index contributed by atoms with van der Waals surface area (Å²) in [5, 5.41) is 2.78. The number of rotatable bonds is 4. The third-order valence-electron chi connectivity index (χ3n) is 2.47. The van der Waals surface area contributed by atoms with E-state index >= 15 is 0 Å². The van der Waals surface area contributed by atoms with Crippen molar-refractivity contribution in [2.24, 2.45) is 0 Å². The highest BCUT2D eigenvalue weighted by molar-refractivity contribution is 14.1. The molecule has 0 aliphatic carbocycles. The first-order chi connectivity index (χ1) is 8.72. The van der Waals surface area contributed by atoms with E-state index in [-0.39, 0.29) is 5.91 Å². The van der Waals surface area contributed by atoms with Crippen LogP contribution >= 0.6 is 22.6 Å². The van der Waals surface area contributed by atoms with Gasteiger partial charge in [-0.2, -0.15) is 0 Å². The number of nitrogens with zero attached hydrogens (tertiary/aromatic N) is 1. The molecule has 0 aliphatic heterocycles. The molecule has 0 saturated carbocycles. The van der Waals surface area contributed by atoms with Gasteiger partial charge < -0.3 is 9.88 Å². The molecule has 0 aliphatic rings. The van der Waals surface area contributed by atoms with E-state index in [4.69, 9.17) is 0 Å². The Labute approximate surface area is 120 Å². The molecular weight excluding hydrogens is 339 g/mol. The number of benzene rings is 1. The molecule has 1 heterocycles. The van der Waals surface area contributed by atoms with Crippen molar-refractivity contribution in [2.75, 3.05) is 6.54 Å². The molecule has 0 atom stereocenters. The van der Waals surface area contributed by atoms with Crippen molar-refractivity contribution in [3.63, 3.8) is 0 Å². The quantitative estimate of drug-likeness (QED) is 0.666. The van der Waals surface area contributed by atoms with Gasteiger partial charge in [0.1, 0.15) is 5.69 Å². The Morgan fingerprint density at radius 2 is 2.22 bits per heavy atom. The molecule has 18 heavy (non-hydrogen) atoms. The monoisotopic (exact) mass is 352 g/mol. The molecule has 1 aromatic carbocycles. The Bertz CT molecular complexity index is 575. The number of carbonyl (C=O) groups is 1. The van der Waals surface area contributed by atoms with Gasteiger partial charge in [0, 0.05) is 22.0 Å². The van der Waals surface area contributed by atoms with Crippen LogP contribution in [0.1, 0.15) is 10.5 Å². The average Bonchev–Trinajstić information content (AvgIpc) is 2.85. The first-order valence-corrected chi connectivity index (χ1v) is 6.62. The second kappa shape index (κ2) is 5.86. The lowest BCUT2D eigenvalue weighted by Crippen LogP contribution is -2.25. The minimum absolute atomic E-state index is 0.0984. The molecule has 2 aromatic rings. The fourth-order valence-corrected chi connectivity index (χ4v) is 2.20. The predicted octanol–water partition coefficient (Wildman–Crippen LogP) is 3.00. The molecule has 92 valence electrons. The van der Waals surface area contributed by atoms with Gasteiger partial charge in [0.25, 0.3) is 5.91 Å². The lowest BCUT2D eigenvalue weighted by molar-refractivity contribution is 0.0951. The van der Waals surface area contributed by atoms with Crippen LogP contribution in [0.4, 0.5) is 0 Å². The van der Waals surface area contributed by atoms with E-state index in [9.17, 15) is 4.79 Å². The zero-order chi connectivity index (χ0) is 13.0. The van der Waals surface area contributed by atoms with Gasteiger partial charge in [-0.15, -0.1) is 6.58 Å². The molecule has 0 bridgehead atoms. The molecule has 0 fully saturated rings. The molecular formula is C14H13IN2O. The number of aromatic nitrogens is 1. The van der Waals surface area contributed by atoms with E-state index in [0.717, 1.165) is 9.26 Å². The van der Waals surface area contributed by atoms with Crippen molar-refractivity contribution in [1.82, 2.24) is 9.88 Å². The molecule has 1 aromatic heterocycles. The maximum atomic E-state index is 12.0. The number of hydrogen-bond acceptors (Lipinski definition) is 1. The summed E-state index contributed by atoms with van der Waals surface area (Å²) < 4.78 is 3.01. The van der Waals surface area contributed by atoms with Crippen molar-refractivity contribution in [3.8, 4) is 5.69 Å². The second-order valence-electron chi connectivity index (χ2n) is 3.74. The fourth-order valence-electron chi connectivity index (χ4n) is 1.67. The van der Waals surface area contributed by atoms with Crippen LogP contribution in [0.5, 0.6) is 0 Å². The van der Waals surface area contributed by atoms with E-state index < -0.39 is 0 Å². The van der Waals surface area contributed by atoms with Crippen LogP contribution < -0.4 is 5.32 Å². The summed E-state index contributed by atoms with van der Waals surface area (Å²) in [5.41, 5.74) is 1.61. The van der Waals surface area contributed by atoms with E-state index in [1.54, 1.807) is 12.1 Å². The zero-order valence-corrected chi connectivity index (χ0v) is 11.9. The Kier molecular flexibility index (Phi) is 4.19. The number of carbonyl (C=O) groups excluding carboxylic acids is 1. The molecule has 1 N–H and O–H groups in total. The normalized spacial score (nSPS) is 10.1. The summed E-state index contributed by atoms with van der Waals surface area (Å²) in [6.07, 6.45) is 3.55. The molecule has 0 radical (unpaired) electrons. The molecule has 3 nitrogen and oxygen atoms in total. The highest BCUT2D eigenvalue weighted by Gasteiger charge is 2.10. The smallest absolute Gasteiger partial charge is 0.268 e. The number of amides is 1. The maximum absolute atomic E-state index is 12.0. The van der Waals surface area contributed by atoms with Crippen molar-refractivity contribution in [3.05, 3.63) is 64.5 Å². The second-order valence-corrected chi connectivity index (χ2v) is 4.99. The maximum Gasteiger partial charge on any atom is 0.268 e. The topological polar surface area (TPSA) is 34.0 Å². The molecule has 0 saturated heterocycles. The van der Waals surface area contributed by atoms with Crippen LogP contribution in [0.2, 0.25) is 0 Å². The summed E-state index contributed by atoms with van der Waals surface area (Å²) in [5.74, 6) is -0.0984. The molecule has 0 spiro atoms. The van der Waals surface area contributed by atoms with Crippen molar-refractivity contribution in [1.29, 1.82) is 0 Å². The lowest BCUT2D eigenvalue weighted by Gasteiger charge is -2.09.